The van der Waals surface area contributed by atoms with E-state index in [0.29, 0.717) is 6.61 Å². The third-order valence-corrected chi connectivity index (χ3v) is 10.1. The van der Waals surface area contributed by atoms with Gasteiger partial charge in [0.05, 0.1) is 6.61 Å². The standard InChI is InChI=1S/C18H30ClNOSi/c1-18(2,3)22(4,5)21-12-15-10-13(6-9-16(15)19)11-17(20)14-7-8-14/h6,9-10,14,17H,7-8,11-12,20H2,1-5H3. The number of nitrogens with two attached hydrogens (primary N) is 1. The van der Waals surface area contributed by atoms with E-state index in [4.69, 9.17) is 21.8 Å². The highest BCUT2D eigenvalue weighted by molar-refractivity contribution is 6.74. The van der Waals surface area contributed by atoms with E-state index in [9.17, 15) is 0 Å². The molecule has 1 fully saturated rings. The Hall–Kier alpha value is -0.353. The van der Waals surface area contributed by atoms with Crippen molar-refractivity contribution in [2.75, 3.05) is 0 Å². The van der Waals surface area contributed by atoms with Gasteiger partial charge in [-0.1, -0.05) is 44.5 Å². The Bertz CT molecular complexity index is 520. The Morgan fingerprint density at radius 1 is 1.32 bits per heavy atom. The zero-order valence-corrected chi connectivity index (χ0v) is 16.3. The molecule has 2 rings (SSSR count). The van der Waals surface area contributed by atoms with Crippen LogP contribution < -0.4 is 5.73 Å². The second-order valence-electron chi connectivity index (χ2n) is 8.18. The summed E-state index contributed by atoms with van der Waals surface area (Å²) in [5, 5.41) is 1.01. The maximum atomic E-state index is 6.35. The summed E-state index contributed by atoms with van der Waals surface area (Å²) in [5.41, 5.74) is 8.61. The second kappa shape index (κ2) is 6.64. The molecule has 22 heavy (non-hydrogen) atoms. The van der Waals surface area contributed by atoms with Crippen LogP contribution in [0.15, 0.2) is 18.2 Å². The van der Waals surface area contributed by atoms with Crippen molar-refractivity contribution in [3.63, 3.8) is 0 Å². The van der Waals surface area contributed by atoms with Gasteiger partial charge in [-0.15, -0.1) is 0 Å². The van der Waals surface area contributed by atoms with Crippen LogP contribution in [0.2, 0.25) is 23.2 Å². The molecule has 0 saturated heterocycles. The Labute approximate surface area is 141 Å². The van der Waals surface area contributed by atoms with Crippen molar-refractivity contribution in [3.8, 4) is 0 Å². The molecular formula is C18H30ClNOSi. The van der Waals surface area contributed by atoms with Gasteiger partial charge in [0.2, 0.25) is 0 Å². The fourth-order valence-corrected chi connectivity index (χ4v) is 3.43. The molecule has 1 saturated carbocycles. The third-order valence-electron chi connectivity index (χ3n) is 5.20. The van der Waals surface area contributed by atoms with E-state index in [1.165, 1.54) is 18.4 Å². The lowest BCUT2D eigenvalue weighted by atomic mass is 10.0. The molecule has 1 unspecified atom stereocenters. The van der Waals surface area contributed by atoms with Crippen molar-refractivity contribution < 1.29 is 4.43 Å². The molecule has 0 aromatic heterocycles. The van der Waals surface area contributed by atoms with Gasteiger partial charge in [0.1, 0.15) is 0 Å². The average molecular weight is 340 g/mol. The molecule has 0 heterocycles. The Balaban J connectivity index is 2.03. The van der Waals surface area contributed by atoms with Crippen LogP contribution in [0, 0.1) is 5.92 Å². The van der Waals surface area contributed by atoms with Crippen molar-refractivity contribution in [2.24, 2.45) is 11.7 Å². The van der Waals surface area contributed by atoms with Gasteiger partial charge in [0, 0.05) is 11.1 Å². The highest BCUT2D eigenvalue weighted by Crippen LogP contribution is 2.37. The van der Waals surface area contributed by atoms with Crippen LogP contribution in [-0.2, 0) is 17.5 Å². The van der Waals surface area contributed by atoms with Crippen LogP contribution in [0.5, 0.6) is 0 Å². The minimum absolute atomic E-state index is 0.214. The minimum Gasteiger partial charge on any atom is -0.413 e. The van der Waals surface area contributed by atoms with E-state index >= 15 is 0 Å². The maximum absolute atomic E-state index is 6.35. The molecule has 0 aliphatic heterocycles. The van der Waals surface area contributed by atoms with Crippen molar-refractivity contribution in [1.29, 1.82) is 0 Å². The van der Waals surface area contributed by atoms with E-state index in [1.807, 2.05) is 6.07 Å². The van der Waals surface area contributed by atoms with Crippen LogP contribution in [-0.4, -0.2) is 14.4 Å². The van der Waals surface area contributed by atoms with Gasteiger partial charge in [-0.3, -0.25) is 0 Å². The molecule has 0 bridgehead atoms. The Morgan fingerprint density at radius 2 is 1.95 bits per heavy atom. The molecule has 1 atom stereocenters. The lowest BCUT2D eigenvalue weighted by Gasteiger charge is -2.36. The topological polar surface area (TPSA) is 35.2 Å². The van der Waals surface area contributed by atoms with E-state index in [-0.39, 0.29) is 11.1 Å². The molecule has 1 aliphatic carbocycles. The first kappa shape index (κ1) is 18.0. The van der Waals surface area contributed by atoms with Crippen LogP contribution >= 0.6 is 11.6 Å². The zero-order chi connectivity index (χ0) is 16.5. The SMILES string of the molecule is CC(C)(C)[Si](C)(C)OCc1cc(CC(N)C2CC2)ccc1Cl. The molecular weight excluding hydrogens is 310 g/mol. The number of halogens is 1. The van der Waals surface area contributed by atoms with Crippen molar-refractivity contribution >= 4 is 19.9 Å². The van der Waals surface area contributed by atoms with Crippen molar-refractivity contribution in [2.45, 2.75) is 70.8 Å². The molecule has 1 aliphatic rings. The zero-order valence-electron chi connectivity index (χ0n) is 14.6. The molecule has 124 valence electrons. The van der Waals surface area contributed by atoms with Gasteiger partial charge >= 0.3 is 0 Å². The third kappa shape index (κ3) is 4.57. The van der Waals surface area contributed by atoms with E-state index in [1.54, 1.807) is 0 Å². The van der Waals surface area contributed by atoms with Crippen LogP contribution in [0.1, 0.15) is 44.7 Å². The Morgan fingerprint density at radius 3 is 2.50 bits per heavy atom. The largest absolute Gasteiger partial charge is 0.413 e. The first-order chi connectivity index (χ1) is 10.1. The predicted molar refractivity (Wildman–Crippen MR) is 97.8 cm³/mol. The van der Waals surface area contributed by atoms with Crippen LogP contribution in [0.25, 0.3) is 0 Å². The van der Waals surface area contributed by atoms with Crippen LogP contribution in [0.3, 0.4) is 0 Å². The molecule has 0 radical (unpaired) electrons. The highest BCUT2D eigenvalue weighted by Gasteiger charge is 2.37. The van der Waals surface area contributed by atoms with Gasteiger partial charge in [0.15, 0.2) is 8.32 Å². The smallest absolute Gasteiger partial charge is 0.192 e. The number of hydrogen-bond acceptors (Lipinski definition) is 2. The van der Waals surface area contributed by atoms with Crippen molar-refractivity contribution in [1.82, 2.24) is 0 Å². The predicted octanol–water partition coefficient (Wildman–Crippen LogP) is 5.14. The lowest BCUT2D eigenvalue weighted by Crippen LogP contribution is -2.40. The fraction of sp³-hybridized carbons (Fsp3) is 0.667. The van der Waals surface area contributed by atoms with E-state index in [2.05, 4.69) is 46.0 Å². The normalized spacial score (nSPS) is 17.6. The van der Waals surface area contributed by atoms with Crippen LogP contribution in [0.4, 0.5) is 0 Å². The molecule has 4 heteroatoms. The summed E-state index contributed by atoms with van der Waals surface area (Å²) >= 11 is 6.35. The highest BCUT2D eigenvalue weighted by atomic mass is 35.5. The summed E-state index contributed by atoms with van der Waals surface area (Å²) in [7, 11) is -1.75. The average Bonchev–Trinajstić information content (AvgIpc) is 3.22. The monoisotopic (exact) mass is 339 g/mol. The van der Waals surface area contributed by atoms with Gasteiger partial charge in [-0.2, -0.15) is 0 Å². The molecule has 1 aromatic rings. The van der Waals surface area contributed by atoms with E-state index < -0.39 is 8.32 Å². The maximum Gasteiger partial charge on any atom is 0.192 e. The molecule has 0 spiro atoms. The Kier molecular flexibility index (Phi) is 5.43. The summed E-state index contributed by atoms with van der Waals surface area (Å²) in [6.45, 7) is 11.9. The number of benzene rings is 1. The summed E-state index contributed by atoms with van der Waals surface area (Å²) < 4.78 is 6.30. The van der Waals surface area contributed by atoms with E-state index in [0.717, 1.165) is 22.9 Å². The number of hydrogen-bond donors (Lipinski definition) is 1. The quantitative estimate of drug-likeness (QED) is 0.728. The van der Waals surface area contributed by atoms with Gasteiger partial charge in [-0.25, -0.2) is 0 Å². The second-order valence-corrected chi connectivity index (χ2v) is 13.4. The summed E-state index contributed by atoms with van der Waals surface area (Å²) in [6.07, 6.45) is 3.52. The first-order valence-electron chi connectivity index (χ1n) is 8.27. The minimum atomic E-state index is -1.75. The fourth-order valence-electron chi connectivity index (χ4n) is 2.30. The first-order valence-corrected chi connectivity index (χ1v) is 11.6. The molecule has 2 nitrogen and oxygen atoms in total. The molecule has 0 amide bonds. The number of rotatable bonds is 6. The summed E-state index contributed by atoms with van der Waals surface area (Å²) in [5.74, 6) is 0.725. The summed E-state index contributed by atoms with van der Waals surface area (Å²) in [4.78, 5) is 0. The molecule has 2 N–H and O–H groups in total. The van der Waals surface area contributed by atoms with Crippen molar-refractivity contribution in [3.05, 3.63) is 34.3 Å². The van der Waals surface area contributed by atoms with Gasteiger partial charge in [0.25, 0.3) is 0 Å². The molecule has 1 aromatic carbocycles. The van der Waals surface area contributed by atoms with Gasteiger partial charge < -0.3 is 10.2 Å². The van der Waals surface area contributed by atoms with Gasteiger partial charge in [-0.05, 0) is 60.5 Å². The summed E-state index contributed by atoms with van der Waals surface area (Å²) in [6, 6.07) is 6.55. The lowest BCUT2D eigenvalue weighted by molar-refractivity contribution is 0.276.